The highest BCUT2D eigenvalue weighted by atomic mass is 35.5. The Balaban J connectivity index is 2.18. The van der Waals surface area contributed by atoms with Crippen LogP contribution in [0, 0.1) is 5.82 Å². The zero-order chi connectivity index (χ0) is 27.1. The Morgan fingerprint density at radius 3 is 2.33 bits per heavy atom. The Hall–Kier alpha value is -2.13. The first-order chi connectivity index (χ1) is 16.7. The van der Waals surface area contributed by atoms with Gasteiger partial charge in [0.05, 0.1) is 18.2 Å². The van der Waals surface area contributed by atoms with Gasteiger partial charge in [0.25, 0.3) is 0 Å². The van der Waals surface area contributed by atoms with Gasteiger partial charge in [-0.3, -0.25) is 4.79 Å². The van der Waals surface area contributed by atoms with E-state index in [1.165, 1.54) is 12.1 Å². The van der Waals surface area contributed by atoms with E-state index in [1.54, 1.807) is 31.4 Å². The van der Waals surface area contributed by atoms with Crippen LogP contribution in [-0.2, 0) is 15.8 Å². The molecule has 0 saturated carbocycles. The maximum atomic E-state index is 14.3. The third-order valence-corrected chi connectivity index (χ3v) is 11.6. The first-order valence-electron chi connectivity index (χ1n) is 12.1. The Morgan fingerprint density at radius 2 is 1.78 bits per heavy atom. The predicted octanol–water partition coefficient (Wildman–Crippen LogP) is 6.97. The van der Waals surface area contributed by atoms with Crippen LogP contribution in [-0.4, -0.2) is 39.2 Å². The number of nitrogens with one attached hydrogen (secondary N) is 1. The molecule has 0 saturated heterocycles. The number of aliphatic carboxylic acids is 1. The molecular weight excluding hydrogens is 501 g/mol. The van der Waals surface area contributed by atoms with Gasteiger partial charge < -0.3 is 24.3 Å². The highest BCUT2D eigenvalue weighted by molar-refractivity contribution is 6.74. The molecule has 9 heteroatoms. The summed E-state index contributed by atoms with van der Waals surface area (Å²) < 4.78 is 31.9. The molecule has 0 aromatic heterocycles. The van der Waals surface area contributed by atoms with Crippen LogP contribution in [0.2, 0.25) is 23.2 Å². The molecule has 0 heterocycles. The number of carbonyl (C=O) groups is 1. The molecule has 2 unspecified atom stereocenters. The molecule has 2 N–H and O–H groups in total. The van der Waals surface area contributed by atoms with Crippen LogP contribution in [0.25, 0.3) is 0 Å². The van der Waals surface area contributed by atoms with E-state index in [1.807, 2.05) is 6.92 Å². The summed E-state index contributed by atoms with van der Waals surface area (Å²) in [4.78, 5) is 11.2. The molecule has 2 aromatic carbocycles. The number of rotatable bonds is 13. The Labute approximate surface area is 220 Å². The average Bonchev–Trinajstić information content (AvgIpc) is 2.79. The van der Waals surface area contributed by atoms with Crippen LogP contribution >= 0.6 is 11.6 Å². The van der Waals surface area contributed by atoms with E-state index < -0.39 is 20.1 Å². The molecule has 2 aromatic rings. The van der Waals surface area contributed by atoms with E-state index in [9.17, 15) is 14.3 Å². The Bertz CT molecular complexity index is 1010. The predicted molar refractivity (Wildman–Crippen MR) is 144 cm³/mol. The quantitative estimate of drug-likeness (QED) is 0.268. The summed E-state index contributed by atoms with van der Waals surface area (Å²) in [6.45, 7) is 13.2. The molecule has 200 valence electrons. The van der Waals surface area contributed by atoms with E-state index in [-0.39, 0.29) is 35.2 Å². The fourth-order valence-electron chi connectivity index (χ4n) is 3.49. The number of hydrogen-bond acceptors (Lipinski definition) is 5. The molecule has 0 bridgehead atoms. The summed E-state index contributed by atoms with van der Waals surface area (Å²) in [5, 5.41) is 12.9. The van der Waals surface area contributed by atoms with Crippen LogP contribution in [0.15, 0.2) is 36.4 Å². The van der Waals surface area contributed by atoms with Gasteiger partial charge in [-0.15, -0.1) is 0 Å². The van der Waals surface area contributed by atoms with Gasteiger partial charge in [0.15, 0.2) is 8.32 Å². The minimum atomic E-state index is -2.12. The largest absolute Gasteiger partial charge is 0.497 e. The van der Waals surface area contributed by atoms with Crippen LogP contribution in [0.3, 0.4) is 0 Å². The lowest BCUT2D eigenvalue weighted by Crippen LogP contribution is -2.46. The maximum Gasteiger partial charge on any atom is 0.303 e. The molecule has 0 fully saturated rings. The SMILES string of the molecule is COc1ccc(OCc2c(Cl)cc(F)cc2C(C)NCC(CCC(=O)O)O[Si](C)(C)C(C)(C)C)cc1. The van der Waals surface area contributed by atoms with Crippen molar-refractivity contribution in [1.29, 1.82) is 0 Å². The number of ether oxygens (including phenoxy) is 2. The van der Waals surface area contributed by atoms with Crippen LogP contribution in [0.5, 0.6) is 11.5 Å². The highest BCUT2D eigenvalue weighted by Crippen LogP contribution is 2.38. The Morgan fingerprint density at radius 1 is 1.17 bits per heavy atom. The number of carboxylic acids is 1. The first-order valence-corrected chi connectivity index (χ1v) is 15.4. The monoisotopic (exact) mass is 539 g/mol. The third kappa shape index (κ3) is 8.76. The van der Waals surface area contributed by atoms with Gasteiger partial charge in [-0.25, -0.2) is 4.39 Å². The molecule has 2 atom stereocenters. The fourth-order valence-corrected chi connectivity index (χ4v) is 5.14. The van der Waals surface area contributed by atoms with E-state index >= 15 is 0 Å². The molecule has 6 nitrogen and oxygen atoms in total. The molecule has 0 aliphatic carbocycles. The van der Waals surface area contributed by atoms with Crippen LogP contribution in [0.1, 0.15) is 57.7 Å². The van der Waals surface area contributed by atoms with Crippen molar-refractivity contribution in [2.75, 3.05) is 13.7 Å². The summed E-state index contributed by atoms with van der Waals surface area (Å²) in [6, 6.07) is 9.64. The first kappa shape index (κ1) is 30.1. The Kier molecular flexibility index (Phi) is 10.8. The van der Waals surface area contributed by atoms with Crippen molar-refractivity contribution >= 4 is 25.9 Å². The van der Waals surface area contributed by atoms with Crippen molar-refractivity contribution in [3.63, 3.8) is 0 Å². The molecular formula is C27H39ClFNO5Si. The number of methoxy groups -OCH3 is 1. The third-order valence-electron chi connectivity index (χ3n) is 6.70. The molecule has 2 rings (SSSR count). The van der Waals surface area contributed by atoms with Gasteiger partial charge in [-0.1, -0.05) is 32.4 Å². The number of hydrogen-bond donors (Lipinski definition) is 2. The second-order valence-corrected chi connectivity index (χ2v) is 15.6. The van der Waals surface area contributed by atoms with E-state index in [2.05, 4.69) is 39.2 Å². The number of carboxylic acid groups (broad SMARTS) is 1. The second-order valence-electron chi connectivity index (χ2n) is 10.5. The number of halogens is 2. The van der Waals surface area contributed by atoms with Crippen molar-refractivity contribution in [2.45, 2.75) is 77.4 Å². The maximum absolute atomic E-state index is 14.3. The van der Waals surface area contributed by atoms with Crippen molar-refractivity contribution in [2.24, 2.45) is 0 Å². The van der Waals surface area contributed by atoms with Gasteiger partial charge in [0, 0.05) is 24.6 Å². The smallest absolute Gasteiger partial charge is 0.303 e. The lowest BCUT2D eigenvalue weighted by molar-refractivity contribution is -0.137. The lowest BCUT2D eigenvalue weighted by Gasteiger charge is -2.39. The van der Waals surface area contributed by atoms with Crippen molar-refractivity contribution < 1.29 is 28.2 Å². The molecule has 0 amide bonds. The molecule has 0 aliphatic heterocycles. The highest BCUT2D eigenvalue weighted by Gasteiger charge is 2.39. The standard InChI is InChI=1S/C27H39ClFNO5Si/c1-18(30-16-22(12-13-26(31)32)35-36(6,7)27(2,3)4)23-14-19(29)15-25(28)24(23)17-34-21-10-8-20(33-5)9-11-21/h8-11,14-15,18,22,30H,12-13,16-17H2,1-7H3,(H,31,32). The summed E-state index contributed by atoms with van der Waals surface area (Å²) in [5.41, 5.74) is 1.36. The summed E-state index contributed by atoms with van der Waals surface area (Å²) in [7, 11) is -0.525. The van der Waals surface area contributed by atoms with Crippen molar-refractivity contribution in [1.82, 2.24) is 5.32 Å². The molecule has 0 spiro atoms. The zero-order valence-electron chi connectivity index (χ0n) is 22.3. The topological polar surface area (TPSA) is 77.0 Å². The van der Waals surface area contributed by atoms with Crippen LogP contribution < -0.4 is 14.8 Å². The average molecular weight is 540 g/mol. The minimum Gasteiger partial charge on any atom is -0.497 e. The van der Waals surface area contributed by atoms with E-state index in [0.29, 0.717) is 29.8 Å². The second kappa shape index (κ2) is 12.9. The van der Waals surface area contributed by atoms with Crippen molar-refractivity contribution in [3.05, 3.63) is 58.4 Å². The molecule has 0 aliphatic rings. The number of benzene rings is 2. The fraction of sp³-hybridized carbons (Fsp3) is 0.519. The van der Waals surface area contributed by atoms with Crippen molar-refractivity contribution in [3.8, 4) is 11.5 Å². The summed E-state index contributed by atoms with van der Waals surface area (Å²) in [5.74, 6) is 0.0656. The van der Waals surface area contributed by atoms with E-state index in [4.69, 9.17) is 25.5 Å². The van der Waals surface area contributed by atoms with E-state index in [0.717, 1.165) is 5.75 Å². The summed E-state index contributed by atoms with van der Waals surface area (Å²) in [6.07, 6.45) is 0.119. The van der Waals surface area contributed by atoms with Crippen LogP contribution in [0.4, 0.5) is 4.39 Å². The minimum absolute atomic E-state index is 0.0118. The van der Waals surface area contributed by atoms with Gasteiger partial charge in [0.1, 0.15) is 23.9 Å². The van der Waals surface area contributed by atoms with Gasteiger partial charge in [-0.05, 0) is 73.4 Å². The van der Waals surface area contributed by atoms with Gasteiger partial charge in [0.2, 0.25) is 0 Å². The zero-order valence-corrected chi connectivity index (χ0v) is 24.0. The molecule has 36 heavy (non-hydrogen) atoms. The molecule has 0 radical (unpaired) electrons. The van der Waals surface area contributed by atoms with Gasteiger partial charge >= 0.3 is 5.97 Å². The normalized spacial score (nSPS) is 13.8. The summed E-state index contributed by atoms with van der Waals surface area (Å²) >= 11 is 6.43. The van der Waals surface area contributed by atoms with Gasteiger partial charge in [-0.2, -0.15) is 0 Å². The lowest BCUT2D eigenvalue weighted by atomic mass is 10.0.